The average molecular weight is 537 g/mol. The van der Waals surface area contributed by atoms with Crippen molar-refractivity contribution >= 4 is 40.2 Å². The van der Waals surface area contributed by atoms with Gasteiger partial charge in [-0.15, -0.1) is 0 Å². The van der Waals surface area contributed by atoms with Gasteiger partial charge in [-0.05, 0) is 42.8 Å². The van der Waals surface area contributed by atoms with Crippen molar-refractivity contribution in [3.05, 3.63) is 77.0 Å². The van der Waals surface area contributed by atoms with E-state index in [0.29, 0.717) is 52.0 Å². The molecule has 0 fully saturated rings. The van der Waals surface area contributed by atoms with Gasteiger partial charge in [0, 0.05) is 19.0 Å². The number of methoxy groups -OCH3 is 2. The topological polar surface area (TPSA) is 125 Å². The lowest BCUT2D eigenvalue weighted by atomic mass is 10.2. The van der Waals surface area contributed by atoms with Crippen molar-refractivity contribution in [2.75, 3.05) is 25.3 Å². The van der Waals surface area contributed by atoms with Crippen molar-refractivity contribution in [1.29, 1.82) is 0 Å². The van der Waals surface area contributed by atoms with Crippen LogP contribution in [0.15, 0.2) is 75.2 Å². The van der Waals surface area contributed by atoms with E-state index in [1.54, 1.807) is 68.0 Å². The van der Waals surface area contributed by atoms with Gasteiger partial charge in [0.05, 0.1) is 49.4 Å². The molecule has 0 saturated carbocycles. The number of aromatic nitrogens is 2. The molecule has 2 heterocycles. The van der Waals surface area contributed by atoms with Crippen LogP contribution < -0.4 is 25.7 Å². The van der Waals surface area contributed by atoms with Crippen LogP contribution in [-0.4, -0.2) is 41.3 Å². The number of thioether (sulfide) groups is 1. The fraction of sp³-hybridized carbons (Fsp3) is 0.259. The highest BCUT2D eigenvalue weighted by Gasteiger charge is 2.15. The summed E-state index contributed by atoms with van der Waals surface area (Å²) in [6.07, 6.45) is 2.20. The van der Waals surface area contributed by atoms with Crippen molar-refractivity contribution in [2.24, 2.45) is 0 Å². The van der Waals surface area contributed by atoms with Crippen LogP contribution in [0.1, 0.15) is 18.6 Å². The molecule has 38 heavy (non-hydrogen) atoms. The van der Waals surface area contributed by atoms with E-state index in [-0.39, 0.29) is 36.1 Å². The predicted molar refractivity (Wildman–Crippen MR) is 145 cm³/mol. The van der Waals surface area contributed by atoms with Gasteiger partial charge >= 0.3 is 0 Å². The molecule has 0 aliphatic rings. The van der Waals surface area contributed by atoms with E-state index in [1.165, 1.54) is 11.7 Å². The maximum absolute atomic E-state index is 13.3. The second-order valence-electron chi connectivity index (χ2n) is 8.23. The van der Waals surface area contributed by atoms with E-state index in [9.17, 15) is 14.4 Å². The molecule has 10 nitrogen and oxygen atoms in total. The van der Waals surface area contributed by atoms with Crippen molar-refractivity contribution < 1.29 is 23.5 Å². The monoisotopic (exact) mass is 536 g/mol. The van der Waals surface area contributed by atoms with Crippen LogP contribution in [0.5, 0.6) is 11.5 Å². The quantitative estimate of drug-likeness (QED) is 0.207. The van der Waals surface area contributed by atoms with Gasteiger partial charge in [-0.1, -0.05) is 23.9 Å². The number of fused-ring (bicyclic) bond motifs is 1. The maximum atomic E-state index is 13.3. The van der Waals surface area contributed by atoms with Gasteiger partial charge in [0.15, 0.2) is 5.16 Å². The number of rotatable bonds is 12. The Morgan fingerprint density at radius 3 is 2.66 bits per heavy atom. The molecule has 198 valence electrons. The SMILES string of the molecule is COc1ccc(NC(=O)CSc2nc3ccccc3c(=O)n2CCCC(=O)NCc2ccco2)c(OC)c1. The molecule has 0 unspecified atom stereocenters. The largest absolute Gasteiger partial charge is 0.497 e. The van der Waals surface area contributed by atoms with E-state index in [0.717, 1.165) is 11.8 Å². The standard InChI is InChI=1S/C27H28N4O6S/c1-35-18-11-12-22(23(15-18)36-2)29-25(33)17-38-27-30-21-9-4-3-8-20(21)26(34)31(27)13-5-10-24(32)28-16-19-7-6-14-37-19/h3-4,6-9,11-12,14-15H,5,10,13,16-17H2,1-2H3,(H,28,32)(H,29,33). The third-order valence-electron chi connectivity index (χ3n) is 5.67. The Kier molecular flexibility index (Phi) is 9.04. The fourth-order valence-electron chi connectivity index (χ4n) is 3.76. The molecular formula is C27H28N4O6S. The van der Waals surface area contributed by atoms with E-state index in [1.807, 2.05) is 0 Å². The van der Waals surface area contributed by atoms with Crippen LogP contribution in [0, 0.1) is 0 Å². The summed E-state index contributed by atoms with van der Waals surface area (Å²) >= 11 is 1.15. The molecule has 2 aromatic carbocycles. The number of nitrogens with one attached hydrogen (secondary N) is 2. The molecule has 2 aromatic heterocycles. The molecule has 2 amide bonds. The van der Waals surface area contributed by atoms with Crippen molar-refractivity contribution in [3.8, 4) is 11.5 Å². The highest BCUT2D eigenvalue weighted by Crippen LogP contribution is 2.29. The van der Waals surface area contributed by atoms with Crippen molar-refractivity contribution in [3.63, 3.8) is 0 Å². The summed E-state index contributed by atoms with van der Waals surface area (Å²) in [5, 5.41) is 6.50. The molecule has 2 N–H and O–H groups in total. The maximum Gasteiger partial charge on any atom is 0.262 e. The van der Waals surface area contributed by atoms with Crippen molar-refractivity contribution in [2.45, 2.75) is 31.1 Å². The molecule has 0 aliphatic heterocycles. The van der Waals surface area contributed by atoms with Gasteiger partial charge in [0.1, 0.15) is 17.3 Å². The molecule has 0 bridgehead atoms. The van der Waals surface area contributed by atoms with Gasteiger partial charge in [0.25, 0.3) is 5.56 Å². The summed E-state index contributed by atoms with van der Waals surface area (Å²) in [6, 6.07) is 15.7. The first-order valence-electron chi connectivity index (χ1n) is 11.9. The minimum Gasteiger partial charge on any atom is -0.497 e. The number of furan rings is 1. The summed E-state index contributed by atoms with van der Waals surface area (Å²) in [5.41, 5.74) is 0.833. The average Bonchev–Trinajstić information content (AvgIpc) is 3.46. The minimum absolute atomic E-state index is 0.0175. The number of amides is 2. The number of hydrogen-bond donors (Lipinski definition) is 2. The van der Waals surface area contributed by atoms with Crippen LogP contribution in [0.25, 0.3) is 10.9 Å². The number of benzene rings is 2. The van der Waals surface area contributed by atoms with Gasteiger partial charge in [0.2, 0.25) is 11.8 Å². The van der Waals surface area contributed by atoms with Crippen LogP contribution >= 0.6 is 11.8 Å². The van der Waals surface area contributed by atoms with E-state index >= 15 is 0 Å². The summed E-state index contributed by atoms with van der Waals surface area (Å²) in [6.45, 7) is 0.583. The normalized spacial score (nSPS) is 10.8. The minimum atomic E-state index is -0.287. The van der Waals surface area contributed by atoms with E-state index in [4.69, 9.17) is 13.9 Å². The first kappa shape index (κ1) is 26.8. The predicted octanol–water partition coefficient (Wildman–Crippen LogP) is 3.83. The summed E-state index contributed by atoms with van der Waals surface area (Å²) < 4.78 is 17.3. The Labute approximate surface area is 223 Å². The third kappa shape index (κ3) is 6.74. The number of carbonyl (C=O) groups is 2. The van der Waals surface area contributed by atoms with Crippen LogP contribution in [0.4, 0.5) is 5.69 Å². The van der Waals surface area contributed by atoms with Crippen LogP contribution in [0.2, 0.25) is 0 Å². The van der Waals surface area contributed by atoms with E-state index < -0.39 is 0 Å². The first-order valence-corrected chi connectivity index (χ1v) is 12.9. The lowest BCUT2D eigenvalue weighted by molar-refractivity contribution is -0.121. The lowest BCUT2D eigenvalue weighted by Gasteiger charge is -2.14. The fourth-order valence-corrected chi connectivity index (χ4v) is 4.58. The highest BCUT2D eigenvalue weighted by molar-refractivity contribution is 7.99. The van der Waals surface area contributed by atoms with Gasteiger partial charge < -0.3 is 24.5 Å². The second kappa shape index (κ2) is 12.8. The molecule has 0 atom stereocenters. The lowest BCUT2D eigenvalue weighted by Crippen LogP contribution is -2.26. The number of anilines is 1. The number of hydrogen-bond acceptors (Lipinski definition) is 8. The molecular weight excluding hydrogens is 508 g/mol. The molecule has 11 heteroatoms. The number of ether oxygens (including phenoxy) is 2. The molecule has 0 aliphatic carbocycles. The van der Waals surface area contributed by atoms with Gasteiger partial charge in [-0.2, -0.15) is 0 Å². The smallest absolute Gasteiger partial charge is 0.262 e. The van der Waals surface area contributed by atoms with Crippen LogP contribution in [0.3, 0.4) is 0 Å². The second-order valence-corrected chi connectivity index (χ2v) is 9.17. The summed E-state index contributed by atoms with van der Waals surface area (Å²) in [7, 11) is 3.06. The number of para-hydroxylation sites is 1. The number of carbonyl (C=O) groups excluding carboxylic acids is 2. The van der Waals surface area contributed by atoms with Crippen molar-refractivity contribution in [1.82, 2.24) is 14.9 Å². The number of nitrogens with zero attached hydrogens (tertiary/aromatic N) is 2. The van der Waals surface area contributed by atoms with Crippen LogP contribution in [-0.2, 0) is 22.7 Å². The third-order valence-corrected chi connectivity index (χ3v) is 6.64. The zero-order valence-electron chi connectivity index (χ0n) is 21.1. The zero-order chi connectivity index (χ0) is 26.9. The van der Waals surface area contributed by atoms with E-state index in [2.05, 4.69) is 15.6 Å². The van der Waals surface area contributed by atoms with Gasteiger partial charge in [-0.25, -0.2) is 4.98 Å². The zero-order valence-corrected chi connectivity index (χ0v) is 21.9. The Hall–Kier alpha value is -4.25. The highest BCUT2D eigenvalue weighted by atomic mass is 32.2. The Bertz CT molecular complexity index is 1470. The summed E-state index contributed by atoms with van der Waals surface area (Å²) in [4.78, 5) is 42.9. The first-order chi connectivity index (χ1) is 18.5. The Morgan fingerprint density at radius 1 is 1.05 bits per heavy atom. The Morgan fingerprint density at radius 2 is 1.89 bits per heavy atom. The van der Waals surface area contributed by atoms with Gasteiger partial charge in [-0.3, -0.25) is 19.0 Å². The molecule has 4 rings (SSSR count). The molecule has 4 aromatic rings. The molecule has 0 spiro atoms. The summed E-state index contributed by atoms with van der Waals surface area (Å²) in [5.74, 6) is 1.32. The Balaban J connectivity index is 1.43. The molecule has 0 saturated heterocycles. The molecule has 0 radical (unpaired) electrons.